The van der Waals surface area contributed by atoms with Crippen LogP contribution in [0, 0.1) is 3.70 Å². The number of ether oxygens (including phenoxy) is 2. The van der Waals surface area contributed by atoms with E-state index in [1.54, 1.807) is 13.3 Å². The quantitative estimate of drug-likeness (QED) is 0.420. The number of halogens is 1. The maximum absolute atomic E-state index is 5.74. The van der Waals surface area contributed by atoms with Gasteiger partial charge in [0.15, 0.2) is 0 Å². The smallest absolute Gasteiger partial charge is 0.213 e. The van der Waals surface area contributed by atoms with Crippen molar-refractivity contribution in [1.82, 2.24) is 14.8 Å². The van der Waals surface area contributed by atoms with Crippen LogP contribution in [0.4, 0.5) is 0 Å². The van der Waals surface area contributed by atoms with Crippen molar-refractivity contribution in [3.63, 3.8) is 0 Å². The van der Waals surface area contributed by atoms with Gasteiger partial charge in [0.2, 0.25) is 5.88 Å². The Morgan fingerprint density at radius 1 is 1.35 bits per heavy atom. The molecule has 0 saturated heterocycles. The summed E-state index contributed by atoms with van der Waals surface area (Å²) in [5.41, 5.74) is 0.865. The average Bonchev–Trinajstić information content (AvgIpc) is 2.70. The third-order valence-corrected chi connectivity index (χ3v) is 5.80. The van der Waals surface area contributed by atoms with Gasteiger partial charge in [0, 0.05) is 26.1 Å². The van der Waals surface area contributed by atoms with Gasteiger partial charge >= 0.3 is 0 Å². The Hall–Kier alpha value is -0.673. The number of methoxy groups -OCH3 is 1. The Kier molecular flexibility index (Phi) is 5.03. The number of pyridine rings is 1. The van der Waals surface area contributed by atoms with Gasteiger partial charge in [-0.15, -0.1) is 0 Å². The lowest BCUT2D eigenvalue weighted by Crippen LogP contribution is -2.22. The van der Waals surface area contributed by atoms with Gasteiger partial charge in [0.05, 0.1) is 13.3 Å². The van der Waals surface area contributed by atoms with Crippen LogP contribution < -0.4 is 4.74 Å². The number of aromatic nitrogens is 3. The van der Waals surface area contributed by atoms with Gasteiger partial charge in [-0.05, 0) is 28.6 Å². The van der Waals surface area contributed by atoms with Crippen molar-refractivity contribution in [2.45, 2.75) is 32.4 Å². The first-order valence-electron chi connectivity index (χ1n) is 6.54. The highest BCUT2D eigenvalue weighted by Gasteiger charge is 2.13. The molecule has 2 rings (SSSR count). The summed E-state index contributed by atoms with van der Waals surface area (Å²) < 4.78 is 13.8. The minimum atomic E-state index is -1.04. The Morgan fingerprint density at radius 2 is 2.10 bits per heavy atom. The van der Waals surface area contributed by atoms with Gasteiger partial charge in [-0.2, -0.15) is 5.10 Å². The van der Waals surface area contributed by atoms with Gasteiger partial charge in [0.25, 0.3) is 0 Å². The standard InChI is InChI=1S/C13H20IN3O2Si/c1-18-12-7-10-11(8-15-12)16-17(13(10)14)9-19-5-6-20(2,3)4/h7-8H,5-6,9H2,1-4H3. The molecule has 110 valence electrons. The van der Waals surface area contributed by atoms with Crippen molar-refractivity contribution in [3.05, 3.63) is 16.0 Å². The molecule has 0 aliphatic rings. The first-order valence-corrected chi connectivity index (χ1v) is 11.3. The van der Waals surface area contributed by atoms with Gasteiger partial charge in [-0.1, -0.05) is 19.6 Å². The first-order chi connectivity index (χ1) is 9.40. The van der Waals surface area contributed by atoms with E-state index >= 15 is 0 Å². The summed E-state index contributed by atoms with van der Waals surface area (Å²) in [6, 6.07) is 3.07. The number of fused-ring (bicyclic) bond motifs is 1. The zero-order chi connectivity index (χ0) is 14.8. The predicted octanol–water partition coefficient (Wildman–Crippen LogP) is 3.36. The van der Waals surface area contributed by atoms with Gasteiger partial charge < -0.3 is 9.47 Å². The zero-order valence-corrected chi connectivity index (χ0v) is 15.5. The van der Waals surface area contributed by atoms with E-state index in [0.717, 1.165) is 21.2 Å². The fraction of sp³-hybridized carbons (Fsp3) is 0.538. The van der Waals surface area contributed by atoms with Gasteiger partial charge in [-0.3, -0.25) is 0 Å². The molecule has 2 heterocycles. The fourth-order valence-electron chi connectivity index (χ4n) is 1.71. The second kappa shape index (κ2) is 6.40. The van der Waals surface area contributed by atoms with E-state index < -0.39 is 8.07 Å². The minimum Gasteiger partial charge on any atom is -0.481 e. The van der Waals surface area contributed by atoms with Crippen LogP contribution in [-0.4, -0.2) is 36.6 Å². The van der Waals surface area contributed by atoms with Crippen molar-refractivity contribution >= 4 is 41.6 Å². The minimum absolute atomic E-state index is 0.486. The van der Waals surface area contributed by atoms with Crippen LogP contribution in [0.1, 0.15) is 0 Å². The molecule has 7 heteroatoms. The monoisotopic (exact) mass is 405 g/mol. The van der Waals surface area contributed by atoms with Crippen LogP contribution in [-0.2, 0) is 11.5 Å². The number of hydrogen-bond acceptors (Lipinski definition) is 4. The van der Waals surface area contributed by atoms with E-state index in [2.05, 4.69) is 52.3 Å². The summed E-state index contributed by atoms with van der Waals surface area (Å²) in [7, 11) is 0.580. The molecule has 0 N–H and O–H groups in total. The van der Waals surface area contributed by atoms with Crippen molar-refractivity contribution in [1.29, 1.82) is 0 Å². The Labute approximate surface area is 133 Å². The maximum atomic E-state index is 5.74. The number of rotatable bonds is 6. The van der Waals surface area contributed by atoms with E-state index in [0.29, 0.717) is 12.6 Å². The lowest BCUT2D eigenvalue weighted by Gasteiger charge is -2.15. The first kappa shape index (κ1) is 15.7. The Balaban J connectivity index is 2.05. The normalized spacial score (nSPS) is 12.1. The molecule has 0 atom stereocenters. The van der Waals surface area contributed by atoms with Crippen molar-refractivity contribution < 1.29 is 9.47 Å². The van der Waals surface area contributed by atoms with E-state index in [-0.39, 0.29) is 0 Å². The van der Waals surface area contributed by atoms with Gasteiger partial charge in [-0.25, -0.2) is 9.67 Å². The number of nitrogens with zero attached hydrogens (tertiary/aromatic N) is 3. The highest BCUT2D eigenvalue weighted by molar-refractivity contribution is 14.1. The largest absolute Gasteiger partial charge is 0.481 e. The molecular formula is C13H20IN3O2Si. The molecule has 0 saturated carbocycles. The summed E-state index contributed by atoms with van der Waals surface area (Å²) in [5.74, 6) is 0.606. The third-order valence-electron chi connectivity index (χ3n) is 2.95. The summed E-state index contributed by atoms with van der Waals surface area (Å²) in [5, 5.41) is 5.55. The molecule has 0 radical (unpaired) electrons. The second-order valence-corrected chi connectivity index (χ2v) is 12.5. The lowest BCUT2D eigenvalue weighted by molar-refractivity contribution is 0.0773. The maximum Gasteiger partial charge on any atom is 0.213 e. The SMILES string of the molecule is COc1cc2c(I)n(COCC[Si](C)(C)C)nc2cn1. The molecule has 0 aliphatic carbocycles. The molecule has 20 heavy (non-hydrogen) atoms. The van der Waals surface area contributed by atoms with Crippen molar-refractivity contribution in [2.24, 2.45) is 0 Å². The molecule has 5 nitrogen and oxygen atoms in total. The molecular weight excluding hydrogens is 385 g/mol. The molecule has 0 spiro atoms. The fourth-order valence-corrected chi connectivity index (χ4v) is 3.15. The highest BCUT2D eigenvalue weighted by Crippen LogP contribution is 2.23. The Bertz CT molecular complexity index is 595. The van der Waals surface area contributed by atoms with Crippen LogP contribution in [0.3, 0.4) is 0 Å². The molecule has 0 aromatic carbocycles. The molecule has 0 amide bonds. The van der Waals surface area contributed by atoms with E-state index in [9.17, 15) is 0 Å². The topological polar surface area (TPSA) is 49.2 Å². The molecule has 0 unspecified atom stereocenters. The molecule has 0 fully saturated rings. The zero-order valence-electron chi connectivity index (χ0n) is 12.3. The third kappa shape index (κ3) is 3.92. The van der Waals surface area contributed by atoms with Crippen molar-refractivity contribution in [2.75, 3.05) is 13.7 Å². The molecule has 2 aromatic heterocycles. The van der Waals surface area contributed by atoms with Crippen LogP contribution in [0.15, 0.2) is 12.3 Å². The van der Waals surface area contributed by atoms with Crippen LogP contribution in [0.5, 0.6) is 5.88 Å². The second-order valence-electron chi connectivity index (χ2n) is 5.88. The summed E-state index contributed by atoms with van der Waals surface area (Å²) in [6.07, 6.45) is 1.73. The summed E-state index contributed by atoms with van der Waals surface area (Å²) in [4.78, 5) is 4.17. The predicted molar refractivity (Wildman–Crippen MR) is 90.9 cm³/mol. The number of hydrogen-bond donors (Lipinski definition) is 0. The summed E-state index contributed by atoms with van der Waals surface area (Å²) in [6.45, 7) is 8.32. The molecule has 0 aliphatic heterocycles. The summed E-state index contributed by atoms with van der Waals surface area (Å²) >= 11 is 2.28. The lowest BCUT2D eigenvalue weighted by atomic mass is 10.3. The van der Waals surface area contributed by atoms with E-state index in [1.807, 2.05) is 10.7 Å². The van der Waals surface area contributed by atoms with Gasteiger partial charge in [0.1, 0.15) is 15.9 Å². The highest BCUT2D eigenvalue weighted by atomic mass is 127. The van der Waals surface area contributed by atoms with E-state index in [1.165, 1.54) is 6.04 Å². The van der Waals surface area contributed by atoms with E-state index in [4.69, 9.17) is 9.47 Å². The van der Waals surface area contributed by atoms with Crippen LogP contribution >= 0.6 is 22.6 Å². The average molecular weight is 405 g/mol. The van der Waals surface area contributed by atoms with Crippen molar-refractivity contribution in [3.8, 4) is 5.88 Å². The Morgan fingerprint density at radius 3 is 2.75 bits per heavy atom. The van der Waals surface area contributed by atoms with Crippen LogP contribution in [0.2, 0.25) is 25.7 Å². The van der Waals surface area contributed by atoms with Crippen LogP contribution in [0.25, 0.3) is 10.9 Å². The molecule has 2 aromatic rings. The molecule has 0 bridgehead atoms.